The van der Waals surface area contributed by atoms with E-state index in [1.165, 1.54) is 0 Å². The van der Waals surface area contributed by atoms with E-state index in [9.17, 15) is 13.6 Å². The summed E-state index contributed by atoms with van der Waals surface area (Å²) in [5.74, 6) is -1.81. The minimum atomic E-state index is -3.03. The second-order valence-electron chi connectivity index (χ2n) is 8.02. The quantitative estimate of drug-likeness (QED) is 0.330. The van der Waals surface area contributed by atoms with Crippen LogP contribution in [-0.4, -0.2) is 54.7 Å². The molecule has 1 aliphatic rings. The molecule has 0 aromatic rings. The summed E-state index contributed by atoms with van der Waals surface area (Å²) in [6.07, 6.45) is 4.80. The molecule has 0 saturated carbocycles. The number of hydrogen-bond donors (Lipinski definition) is 0. The lowest BCUT2D eigenvalue weighted by Crippen LogP contribution is -2.45. The lowest BCUT2D eigenvalue weighted by atomic mass is 9.95. The molecular weight excluding hydrogens is 322 g/mol. The molecule has 1 unspecified atom stereocenters. The van der Waals surface area contributed by atoms with Crippen molar-refractivity contribution in [2.24, 2.45) is 11.8 Å². The van der Waals surface area contributed by atoms with E-state index in [0.29, 0.717) is 30.1 Å². The van der Waals surface area contributed by atoms with Crippen LogP contribution in [-0.2, 0) is 4.79 Å². The van der Waals surface area contributed by atoms with Crippen LogP contribution in [0.4, 0.5) is 8.78 Å². The molecule has 25 heavy (non-hydrogen) atoms. The van der Waals surface area contributed by atoms with Gasteiger partial charge < -0.3 is 9.80 Å². The molecule has 0 aromatic carbocycles. The third kappa shape index (κ3) is 7.27. The molecule has 0 aliphatic carbocycles. The lowest BCUT2D eigenvalue weighted by Gasteiger charge is -2.37. The molecule has 144 valence electrons. The standard InChI is InChI=1S/C20H34F2N2O/c1-15(2)11-17(4)23(6)14-18(7-9-24-12-16(3)13-24)19(8-10-25)20(5,21)22/h8,10,14-17H,7,9,11-13H2,1-6H3/b18-14-,19-8+. The molecule has 1 saturated heterocycles. The number of alkyl halides is 2. The van der Waals surface area contributed by atoms with E-state index in [0.717, 1.165) is 39.1 Å². The minimum absolute atomic E-state index is 0.167. The Morgan fingerprint density at radius 1 is 1.32 bits per heavy atom. The van der Waals surface area contributed by atoms with Crippen molar-refractivity contribution in [2.45, 2.75) is 59.4 Å². The SMILES string of the molecule is CC(C)CC(C)N(C)/C=C(CCN1CC(C)C1)\C(=C/C=O)C(C)(F)F. The summed E-state index contributed by atoms with van der Waals surface area (Å²) in [6, 6.07) is 0.252. The average molecular weight is 357 g/mol. The predicted molar refractivity (Wildman–Crippen MR) is 99.8 cm³/mol. The van der Waals surface area contributed by atoms with Crippen molar-refractivity contribution in [2.75, 3.05) is 26.7 Å². The first-order valence-electron chi connectivity index (χ1n) is 9.23. The van der Waals surface area contributed by atoms with Crippen molar-refractivity contribution >= 4 is 6.29 Å². The zero-order valence-electron chi connectivity index (χ0n) is 16.6. The smallest absolute Gasteiger partial charge is 0.270 e. The topological polar surface area (TPSA) is 23.6 Å². The summed E-state index contributed by atoms with van der Waals surface area (Å²) in [6.45, 7) is 12.2. The van der Waals surface area contributed by atoms with Crippen LogP contribution in [0, 0.1) is 11.8 Å². The van der Waals surface area contributed by atoms with Gasteiger partial charge in [0.15, 0.2) is 0 Å². The fourth-order valence-corrected chi connectivity index (χ4v) is 3.38. The number of hydrogen-bond acceptors (Lipinski definition) is 3. The molecule has 0 bridgehead atoms. The maximum Gasteiger partial charge on any atom is 0.270 e. The Balaban J connectivity index is 2.97. The van der Waals surface area contributed by atoms with Gasteiger partial charge in [0.2, 0.25) is 0 Å². The summed E-state index contributed by atoms with van der Waals surface area (Å²) in [5.41, 5.74) is 0.386. The van der Waals surface area contributed by atoms with Gasteiger partial charge in [-0.3, -0.25) is 4.79 Å². The van der Waals surface area contributed by atoms with Gasteiger partial charge in [-0.1, -0.05) is 20.8 Å². The van der Waals surface area contributed by atoms with E-state index < -0.39 is 5.92 Å². The first-order chi connectivity index (χ1) is 11.5. The highest BCUT2D eigenvalue weighted by molar-refractivity contribution is 5.69. The summed E-state index contributed by atoms with van der Waals surface area (Å²) in [5, 5.41) is 0. The molecule has 0 amide bonds. The van der Waals surface area contributed by atoms with Crippen molar-refractivity contribution in [1.82, 2.24) is 9.80 Å². The summed E-state index contributed by atoms with van der Waals surface area (Å²) in [7, 11) is 1.92. The highest BCUT2D eigenvalue weighted by atomic mass is 19.3. The largest absolute Gasteiger partial charge is 0.377 e. The minimum Gasteiger partial charge on any atom is -0.377 e. The number of carbonyl (C=O) groups is 1. The van der Waals surface area contributed by atoms with Crippen molar-refractivity contribution < 1.29 is 13.6 Å². The van der Waals surface area contributed by atoms with Gasteiger partial charge in [-0.2, -0.15) is 0 Å². The first kappa shape index (κ1) is 21.8. The van der Waals surface area contributed by atoms with Crippen LogP contribution in [0.3, 0.4) is 0 Å². The van der Waals surface area contributed by atoms with Crippen LogP contribution < -0.4 is 0 Å². The monoisotopic (exact) mass is 356 g/mol. The summed E-state index contributed by atoms with van der Waals surface area (Å²) in [4.78, 5) is 15.2. The fraction of sp³-hybridized carbons (Fsp3) is 0.750. The predicted octanol–water partition coefficient (Wildman–Crippen LogP) is 4.36. The van der Waals surface area contributed by atoms with Crippen LogP contribution in [0.2, 0.25) is 0 Å². The van der Waals surface area contributed by atoms with E-state index in [1.54, 1.807) is 0 Å². The van der Waals surface area contributed by atoms with Gasteiger partial charge in [0.1, 0.15) is 6.29 Å². The van der Waals surface area contributed by atoms with Crippen molar-refractivity contribution in [3.05, 3.63) is 23.4 Å². The van der Waals surface area contributed by atoms with Crippen LogP contribution in [0.5, 0.6) is 0 Å². The highest BCUT2D eigenvalue weighted by Crippen LogP contribution is 2.32. The van der Waals surface area contributed by atoms with Crippen LogP contribution in [0.15, 0.2) is 23.4 Å². The van der Waals surface area contributed by atoms with Crippen molar-refractivity contribution in [3.63, 3.8) is 0 Å². The second-order valence-corrected chi connectivity index (χ2v) is 8.02. The van der Waals surface area contributed by atoms with Gasteiger partial charge in [0.05, 0.1) is 0 Å². The Bertz CT molecular complexity index is 488. The molecule has 0 spiro atoms. The summed E-state index contributed by atoms with van der Waals surface area (Å²) < 4.78 is 28.1. The molecular formula is C20H34F2N2O. The van der Waals surface area contributed by atoms with Gasteiger partial charge in [-0.25, -0.2) is 8.78 Å². The number of carbonyl (C=O) groups excluding carboxylic acids is 1. The number of likely N-dealkylation sites (tertiary alicyclic amines) is 1. The van der Waals surface area contributed by atoms with E-state index >= 15 is 0 Å². The third-order valence-corrected chi connectivity index (χ3v) is 4.76. The van der Waals surface area contributed by atoms with Crippen LogP contribution >= 0.6 is 0 Å². The van der Waals surface area contributed by atoms with E-state index in [1.807, 2.05) is 18.1 Å². The number of aldehydes is 1. The lowest BCUT2D eigenvalue weighted by molar-refractivity contribution is -0.104. The normalized spacial score (nSPS) is 19.1. The molecule has 1 atom stereocenters. The first-order valence-corrected chi connectivity index (χ1v) is 9.23. The van der Waals surface area contributed by atoms with E-state index in [-0.39, 0.29) is 11.6 Å². The van der Waals surface area contributed by atoms with Crippen LogP contribution in [0.25, 0.3) is 0 Å². The Hall–Kier alpha value is -1.23. The number of allylic oxidation sites excluding steroid dienone is 2. The van der Waals surface area contributed by atoms with E-state index in [2.05, 4.69) is 32.6 Å². The van der Waals surface area contributed by atoms with Gasteiger partial charge in [-0.05, 0) is 43.3 Å². The number of rotatable bonds is 10. The maximum absolute atomic E-state index is 14.1. The zero-order chi connectivity index (χ0) is 19.2. The van der Waals surface area contributed by atoms with Gasteiger partial charge >= 0.3 is 0 Å². The number of nitrogens with zero attached hydrogens (tertiary/aromatic N) is 2. The molecule has 1 fully saturated rings. The molecule has 1 aliphatic heterocycles. The molecule has 0 aromatic heterocycles. The van der Waals surface area contributed by atoms with E-state index in [4.69, 9.17) is 0 Å². The summed E-state index contributed by atoms with van der Waals surface area (Å²) >= 11 is 0. The molecule has 1 rings (SSSR count). The third-order valence-electron chi connectivity index (χ3n) is 4.76. The zero-order valence-corrected chi connectivity index (χ0v) is 16.6. The fourth-order valence-electron chi connectivity index (χ4n) is 3.38. The van der Waals surface area contributed by atoms with Crippen LogP contribution in [0.1, 0.15) is 47.5 Å². The Morgan fingerprint density at radius 3 is 2.36 bits per heavy atom. The molecule has 3 nitrogen and oxygen atoms in total. The Kier molecular flexibility index (Phi) is 8.26. The van der Waals surface area contributed by atoms with Gasteiger partial charge in [0.25, 0.3) is 5.92 Å². The van der Waals surface area contributed by atoms with Gasteiger partial charge in [-0.15, -0.1) is 0 Å². The molecule has 5 heteroatoms. The van der Waals surface area contributed by atoms with Crippen molar-refractivity contribution in [1.29, 1.82) is 0 Å². The second kappa shape index (κ2) is 9.46. The molecule has 0 N–H and O–H groups in total. The van der Waals surface area contributed by atoms with Gasteiger partial charge in [0, 0.05) is 51.4 Å². The highest BCUT2D eigenvalue weighted by Gasteiger charge is 2.31. The van der Waals surface area contributed by atoms with Crippen molar-refractivity contribution in [3.8, 4) is 0 Å². The molecule has 1 heterocycles. The Labute approximate surface area is 151 Å². The molecule has 0 radical (unpaired) electrons. The maximum atomic E-state index is 14.1. The number of halogens is 2. The Morgan fingerprint density at radius 2 is 1.92 bits per heavy atom. The average Bonchev–Trinajstić information content (AvgIpc) is 2.44.